The standard InChI is InChI=1S/C25H22ClN3O5/c1-31-19-8-10-20(11-9-19)33-22-15-18(7-12-21(22)32-2)27-23(30)13-14-24-28-25(29-34-24)16-3-5-17(26)6-4-16/h3-12,15H,13-14H2,1-2H3,(H,27,30). The van der Waals surface area contributed by atoms with Crippen LogP contribution in [0.5, 0.6) is 23.0 Å². The van der Waals surface area contributed by atoms with Crippen molar-refractivity contribution in [2.45, 2.75) is 12.8 Å². The van der Waals surface area contributed by atoms with Gasteiger partial charge in [0.15, 0.2) is 11.5 Å². The van der Waals surface area contributed by atoms with Crippen molar-refractivity contribution in [1.29, 1.82) is 0 Å². The van der Waals surface area contributed by atoms with Crippen molar-refractivity contribution in [2.24, 2.45) is 0 Å². The summed E-state index contributed by atoms with van der Waals surface area (Å²) in [6.07, 6.45) is 0.473. The molecule has 0 aliphatic carbocycles. The molecular formula is C25H22ClN3O5. The Labute approximate surface area is 201 Å². The Morgan fingerprint density at radius 2 is 1.68 bits per heavy atom. The van der Waals surface area contributed by atoms with E-state index in [0.29, 0.717) is 46.1 Å². The first-order valence-electron chi connectivity index (χ1n) is 10.4. The molecule has 0 aliphatic heterocycles. The number of ether oxygens (including phenoxy) is 3. The van der Waals surface area contributed by atoms with Crippen molar-refractivity contribution in [3.8, 4) is 34.4 Å². The summed E-state index contributed by atoms with van der Waals surface area (Å²) in [6.45, 7) is 0. The van der Waals surface area contributed by atoms with Crippen LogP contribution in [0.1, 0.15) is 12.3 Å². The van der Waals surface area contributed by atoms with Crippen molar-refractivity contribution in [1.82, 2.24) is 10.1 Å². The summed E-state index contributed by atoms with van der Waals surface area (Å²) in [6, 6.07) is 19.4. The minimum Gasteiger partial charge on any atom is -0.497 e. The molecule has 4 rings (SSSR count). The van der Waals surface area contributed by atoms with Gasteiger partial charge >= 0.3 is 0 Å². The molecule has 1 heterocycles. The molecule has 0 radical (unpaired) electrons. The van der Waals surface area contributed by atoms with Crippen LogP contribution in [0.15, 0.2) is 71.3 Å². The highest BCUT2D eigenvalue weighted by Gasteiger charge is 2.13. The van der Waals surface area contributed by atoms with E-state index in [0.717, 1.165) is 11.3 Å². The van der Waals surface area contributed by atoms with Crippen molar-refractivity contribution in [3.05, 3.63) is 77.6 Å². The normalized spacial score (nSPS) is 10.6. The lowest BCUT2D eigenvalue weighted by atomic mass is 10.2. The zero-order valence-corrected chi connectivity index (χ0v) is 19.3. The topological polar surface area (TPSA) is 95.7 Å². The molecule has 0 aliphatic rings. The van der Waals surface area contributed by atoms with Crippen molar-refractivity contribution in [3.63, 3.8) is 0 Å². The van der Waals surface area contributed by atoms with E-state index < -0.39 is 0 Å². The lowest BCUT2D eigenvalue weighted by Gasteiger charge is -2.13. The largest absolute Gasteiger partial charge is 0.497 e. The number of nitrogens with one attached hydrogen (secondary N) is 1. The van der Waals surface area contributed by atoms with E-state index in [4.69, 9.17) is 30.3 Å². The Bertz CT molecular complexity index is 1260. The zero-order valence-electron chi connectivity index (χ0n) is 18.6. The Morgan fingerprint density at radius 3 is 2.38 bits per heavy atom. The lowest BCUT2D eigenvalue weighted by molar-refractivity contribution is -0.116. The number of aromatic nitrogens is 2. The molecule has 34 heavy (non-hydrogen) atoms. The molecule has 0 saturated carbocycles. The number of carbonyl (C=O) groups is 1. The monoisotopic (exact) mass is 479 g/mol. The van der Waals surface area contributed by atoms with Gasteiger partial charge < -0.3 is 24.1 Å². The molecule has 1 N–H and O–H groups in total. The molecule has 0 fully saturated rings. The van der Waals surface area contributed by atoms with Gasteiger partial charge in [-0.25, -0.2) is 0 Å². The summed E-state index contributed by atoms with van der Waals surface area (Å²) in [5, 5.41) is 7.44. The van der Waals surface area contributed by atoms with Crippen LogP contribution in [0, 0.1) is 0 Å². The van der Waals surface area contributed by atoms with Gasteiger partial charge in [0.2, 0.25) is 17.6 Å². The summed E-state index contributed by atoms with van der Waals surface area (Å²) < 4.78 is 21.7. The lowest BCUT2D eigenvalue weighted by Crippen LogP contribution is -2.12. The third-order valence-electron chi connectivity index (χ3n) is 4.87. The zero-order chi connectivity index (χ0) is 23.9. The van der Waals surface area contributed by atoms with E-state index in [2.05, 4.69) is 15.5 Å². The molecule has 4 aromatic rings. The average Bonchev–Trinajstić information content (AvgIpc) is 3.33. The second-order valence-corrected chi connectivity index (χ2v) is 7.65. The van der Waals surface area contributed by atoms with Crippen LogP contribution in [-0.2, 0) is 11.2 Å². The van der Waals surface area contributed by atoms with Gasteiger partial charge in [-0.15, -0.1) is 0 Å². The maximum atomic E-state index is 12.5. The van der Waals surface area contributed by atoms with Crippen LogP contribution in [0.4, 0.5) is 5.69 Å². The van der Waals surface area contributed by atoms with E-state index >= 15 is 0 Å². The second kappa shape index (κ2) is 10.7. The van der Waals surface area contributed by atoms with Crippen molar-refractivity contribution >= 4 is 23.2 Å². The van der Waals surface area contributed by atoms with Gasteiger partial charge in [0.05, 0.1) is 14.2 Å². The predicted octanol–water partition coefficient (Wildman–Crippen LogP) is 5.77. The van der Waals surface area contributed by atoms with Crippen molar-refractivity contribution < 1.29 is 23.5 Å². The molecule has 0 atom stereocenters. The second-order valence-electron chi connectivity index (χ2n) is 7.21. The first kappa shape index (κ1) is 23.1. The van der Waals surface area contributed by atoms with Crippen LogP contribution >= 0.6 is 11.6 Å². The van der Waals surface area contributed by atoms with Crippen LogP contribution in [0.2, 0.25) is 5.02 Å². The van der Waals surface area contributed by atoms with Gasteiger partial charge in [-0.1, -0.05) is 16.8 Å². The van der Waals surface area contributed by atoms with Gasteiger partial charge in [-0.05, 0) is 60.7 Å². The molecule has 174 valence electrons. The van der Waals surface area contributed by atoms with Crippen LogP contribution < -0.4 is 19.5 Å². The van der Waals surface area contributed by atoms with E-state index in [1.54, 1.807) is 80.9 Å². The summed E-state index contributed by atoms with van der Waals surface area (Å²) in [7, 11) is 3.15. The highest BCUT2D eigenvalue weighted by molar-refractivity contribution is 6.30. The molecule has 0 bridgehead atoms. The molecule has 1 amide bonds. The number of amides is 1. The summed E-state index contributed by atoms with van der Waals surface area (Å²) in [4.78, 5) is 16.8. The smallest absolute Gasteiger partial charge is 0.227 e. The number of anilines is 1. The number of hydrogen-bond acceptors (Lipinski definition) is 7. The summed E-state index contributed by atoms with van der Waals surface area (Å²) >= 11 is 5.91. The van der Waals surface area contributed by atoms with Gasteiger partial charge in [0.1, 0.15) is 11.5 Å². The fraction of sp³-hybridized carbons (Fsp3) is 0.160. The number of methoxy groups -OCH3 is 2. The van der Waals surface area contributed by atoms with E-state index in [-0.39, 0.29) is 12.3 Å². The van der Waals surface area contributed by atoms with E-state index in [1.165, 1.54) is 0 Å². The first-order chi connectivity index (χ1) is 16.5. The van der Waals surface area contributed by atoms with Gasteiger partial charge in [0, 0.05) is 35.2 Å². The highest BCUT2D eigenvalue weighted by atomic mass is 35.5. The Morgan fingerprint density at radius 1 is 0.941 bits per heavy atom. The Hall–Kier alpha value is -4.04. The molecule has 0 unspecified atom stereocenters. The number of halogens is 1. The van der Waals surface area contributed by atoms with Gasteiger partial charge in [0.25, 0.3) is 0 Å². The molecule has 0 spiro atoms. The molecule has 0 saturated heterocycles. The maximum absolute atomic E-state index is 12.5. The van der Waals surface area contributed by atoms with Gasteiger partial charge in [-0.3, -0.25) is 4.79 Å². The fourth-order valence-electron chi connectivity index (χ4n) is 3.12. The first-order valence-corrected chi connectivity index (χ1v) is 10.8. The number of rotatable bonds is 9. The van der Waals surface area contributed by atoms with Crippen LogP contribution in [0.3, 0.4) is 0 Å². The third-order valence-corrected chi connectivity index (χ3v) is 5.12. The molecule has 9 heteroatoms. The third kappa shape index (κ3) is 5.85. The van der Waals surface area contributed by atoms with Crippen molar-refractivity contribution in [2.75, 3.05) is 19.5 Å². The minimum absolute atomic E-state index is 0.170. The quantitative estimate of drug-likeness (QED) is 0.325. The van der Waals surface area contributed by atoms with Gasteiger partial charge in [-0.2, -0.15) is 4.98 Å². The van der Waals surface area contributed by atoms with Crippen LogP contribution in [0.25, 0.3) is 11.4 Å². The average molecular weight is 480 g/mol. The highest BCUT2D eigenvalue weighted by Crippen LogP contribution is 2.34. The summed E-state index contributed by atoms with van der Waals surface area (Å²) in [5.74, 6) is 2.95. The molecule has 1 aromatic heterocycles. The Balaban J connectivity index is 1.37. The molecule has 8 nitrogen and oxygen atoms in total. The SMILES string of the molecule is COc1ccc(Oc2cc(NC(=O)CCc3nc(-c4ccc(Cl)cc4)no3)ccc2OC)cc1. The fourth-order valence-corrected chi connectivity index (χ4v) is 3.25. The number of nitrogens with zero attached hydrogens (tertiary/aromatic N) is 2. The van der Waals surface area contributed by atoms with E-state index in [1.807, 2.05) is 0 Å². The summed E-state index contributed by atoms with van der Waals surface area (Å²) in [5.41, 5.74) is 1.35. The molecular weight excluding hydrogens is 458 g/mol. The molecule has 3 aromatic carbocycles. The number of carbonyl (C=O) groups excluding carboxylic acids is 1. The van der Waals surface area contributed by atoms with Crippen LogP contribution in [-0.4, -0.2) is 30.3 Å². The number of hydrogen-bond donors (Lipinski definition) is 1. The number of benzene rings is 3. The Kier molecular flexibility index (Phi) is 7.29. The predicted molar refractivity (Wildman–Crippen MR) is 128 cm³/mol. The minimum atomic E-state index is -0.202. The number of aryl methyl sites for hydroxylation is 1. The maximum Gasteiger partial charge on any atom is 0.227 e. The van der Waals surface area contributed by atoms with E-state index in [9.17, 15) is 4.79 Å².